The normalized spacial score (nSPS) is 19.6. The lowest BCUT2D eigenvalue weighted by atomic mass is 10.1. The van der Waals surface area contributed by atoms with Gasteiger partial charge in [0.25, 0.3) is 11.8 Å². The standard InChI is InChI=1S/C20H18BrN5O5/c1-30-14-8-7-11(9-15(14)31-2)26-19(28)17-18(20(26)29)25(24-23-17)10-16(27)22-13-6-4-3-5-12(13)21/h3-9,17-18H,10H2,1-2H3,(H,22,27)/t17-,18+/m0/s1. The first-order valence-electron chi connectivity index (χ1n) is 9.26. The summed E-state index contributed by atoms with van der Waals surface area (Å²) in [6.45, 7) is -0.231. The molecule has 0 spiro atoms. The summed E-state index contributed by atoms with van der Waals surface area (Å²) in [5.74, 6) is -0.573. The summed E-state index contributed by atoms with van der Waals surface area (Å²) in [4.78, 5) is 39.5. The highest BCUT2D eigenvalue weighted by atomic mass is 79.9. The molecular weight excluding hydrogens is 470 g/mol. The minimum atomic E-state index is -1.00. The van der Waals surface area contributed by atoms with Crippen molar-refractivity contribution in [1.29, 1.82) is 0 Å². The van der Waals surface area contributed by atoms with E-state index in [1.807, 2.05) is 6.07 Å². The smallest absolute Gasteiger partial charge is 0.263 e. The Kier molecular flexibility index (Phi) is 5.59. The van der Waals surface area contributed by atoms with Gasteiger partial charge in [-0.1, -0.05) is 17.4 Å². The van der Waals surface area contributed by atoms with Crippen LogP contribution in [0.3, 0.4) is 0 Å². The van der Waals surface area contributed by atoms with E-state index in [9.17, 15) is 14.4 Å². The fraction of sp³-hybridized carbons (Fsp3) is 0.250. The van der Waals surface area contributed by atoms with Crippen molar-refractivity contribution in [3.63, 3.8) is 0 Å². The lowest BCUT2D eigenvalue weighted by Crippen LogP contribution is -2.43. The maximum Gasteiger partial charge on any atom is 0.263 e. The zero-order chi connectivity index (χ0) is 22.1. The van der Waals surface area contributed by atoms with E-state index in [0.29, 0.717) is 22.9 Å². The summed E-state index contributed by atoms with van der Waals surface area (Å²) in [7, 11) is 2.95. The number of benzene rings is 2. The van der Waals surface area contributed by atoms with Crippen LogP contribution in [0.5, 0.6) is 11.5 Å². The topological polar surface area (TPSA) is 113 Å². The number of methoxy groups -OCH3 is 2. The van der Waals surface area contributed by atoms with Gasteiger partial charge in [0.15, 0.2) is 23.6 Å². The van der Waals surface area contributed by atoms with Gasteiger partial charge in [-0.25, -0.2) is 4.90 Å². The number of para-hydroxylation sites is 1. The van der Waals surface area contributed by atoms with Gasteiger partial charge in [-0.3, -0.25) is 19.4 Å². The van der Waals surface area contributed by atoms with Crippen LogP contribution in [0.4, 0.5) is 11.4 Å². The number of hydrogen-bond acceptors (Lipinski definition) is 8. The highest BCUT2D eigenvalue weighted by molar-refractivity contribution is 9.10. The molecule has 1 saturated heterocycles. The Balaban J connectivity index is 1.52. The first-order chi connectivity index (χ1) is 14.9. The van der Waals surface area contributed by atoms with Gasteiger partial charge >= 0.3 is 0 Å². The maximum atomic E-state index is 13.1. The van der Waals surface area contributed by atoms with E-state index in [4.69, 9.17) is 9.47 Å². The van der Waals surface area contributed by atoms with Crippen LogP contribution in [0.25, 0.3) is 0 Å². The molecule has 2 heterocycles. The first kappa shape index (κ1) is 20.8. The lowest BCUT2D eigenvalue weighted by molar-refractivity contribution is -0.123. The van der Waals surface area contributed by atoms with E-state index in [-0.39, 0.29) is 6.54 Å². The molecule has 10 nitrogen and oxygen atoms in total. The number of carbonyl (C=O) groups excluding carboxylic acids is 3. The van der Waals surface area contributed by atoms with Crippen LogP contribution >= 0.6 is 15.9 Å². The van der Waals surface area contributed by atoms with Gasteiger partial charge in [0.05, 0.1) is 25.6 Å². The number of amides is 3. The fourth-order valence-electron chi connectivity index (χ4n) is 3.47. The SMILES string of the molecule is COc1ccc(N2C(=O)[C@H]3N=NN(CC(=O)Nc4ccccc4Br)[C@H]3C2=O)cc1OC. The van der Waals surface area contributed by atoms with Gasteiger partial charge in [-0.2, -0.15) is 5.11 Å². The third-order valence-electron chi connectivity index (χ3n) is 4.94. The zero-order valence-electron chi connectivity index (χ0n) is 16.6. The third kappa shape index (κ3) is 3.72. The van der Waals surface area contributed by atoms with Crippen molar-refractivity contribution in [1.82, 2.24) is 5.01 Å². The average molecular weight is 488 g/mol. The molecule has 0 saturated carbocycles. The molecule has 0 bridgehead atoms. The van der Waals surface area contributed by atoms with Crippen LogP contribution in [0, 0.1) is 0 Å². The van der Waals surface area contributed by atoms with Crippen molar-refractivity contribution in [2.45, 2.75) is 12.1 Å². The van der Waals surface area contributed by atoms with Crippen LogP contribution in [-0.2, 0) is 14.4 Å². The Morgan fingerprint density at radius 1 is 1.10 bits per heavy atom. The second kappa shape index (κ2) is 8.34. The summed E-state index contributed by atoms with van der Waals surface area (Å²) in [6, 6.07) is 9.88. The second-order valence-electron chi connectivity index (χ2n) is 6.77. The van der Waals surface area contributed by atoms with Crippen LogP contribution in [0.1, 0.15) is 0 Å². The Hall–Kier alpha value is -3.47. The number of imide groups is 1. The molecule has 2 aromatic carbocycles. The molecule has 3 amide bonds. The molecule has 11 heteroatoms. The Morgan fingerprint density at radius 3 is 2.55 bits per heavy atom. The lowest BCUT2D eigenvalue weighted by Gasteiger charge is -2.21. The van der Waals surface area contributed by atoms with Crippen LogP contribution in [0.2, 0.25) is 0 Å². The number of anilines is 2. The Bertz CT molecular complexity index is 1090. The number of rotatable bonds is 6. The van der Waals surface area contributed by atoms with E-state index in [0.717, 1.165) is 9.37 Å². The average Bonchev–Trinajstić information content (AvgIpc) is 3.28. The quantitative estimate of drug-likeness (QED) is 0.625. The van der Waals surface area contributed by atoms with Crippen molar-refractivity contribution in [2.75, 3.05) is 31.0 Å². The van der Waals surface area contributed by atoms with E-state index in [1.165, 1.54) is 25.3 Å². The monoisotopic (exact) mass is 487 g/mol. The van der Waals surface area contributed by atoms with Crippen LogP contribution < -0.4 is 19.7 Å². The van der Waals surface area contributed by atoms with Gasteiger partial charge in [0.2, 0.25) is 5.91 Å². The van der Waals surface area contributed by atoms with Crippen molar-refractivity contribution < 1.29 is 23.9 Å². The summed E-state index contributed by atoms with van der Waals surface area (Å²) in [5, 5.41) is 11.8. The van der Waals surface area contributed by atoms with Gasteiger partial charge in [0, 0.05) is 10.5 Å². The number of fused-ring (bicyclic) bond motifs is 1. The predicted molar refractivity (Wildman–Crippen MR) is 114 cm³/mol. The zero-order valence-corrected chi connectivity index (χ0v) is 18.2. The van der Waals surface area contributed by atoms with Gasteiger partial charge in [-0.15, -0.1) is 0 Å². The molecular formula is C20H18BrN5O5. The van der Waals surface area contributed by atoms with Crippen molar-refractivity contribution in [3.05, 3.63) is 46.9 Å². The first-order valence-corrected chi connectivity index (χ1v) is 10.1. The molecule has 2 aliphatic heterocycles. The molecule has 2 atom stereocenters. The molecule has 0 aliphatic carbocycles. The number of nitrogens with one attached hydrogen (secondary N) is 1. The molecule has 31 heavy (non-hydrogen) atoms. The Morgan fingerprint density at radius 2 is 1.84 bits per heavy atom. The fourth-order valence-corrected chi connectivity index (χ4v) is 3.86. The van der Waals surface area contributed by atoms with Gasteiger partial charge < -0.3 is 14.8 Å². The van der Waals surface area contributed by atoms with Crippen molar-refractivity contribution in [2.24, 2.45) is 10.3 Å². The summed E-state index contributed by atoms with van der Waals surface area (Å²) in [5.41, 5.74) is 0.913. The number of nitrogens with zero attached hydrogens (tertiary/aromatic N) is 4. The van der Waals surface area contributed by atoms with Crippen LogP contribution in [-0.4, -0.2) is 55.6 Å². The van der Waals surface area contributed by atoms with Crippen molar-refractivity contribution >= 4 is 45.0 Å². The molecule has 160 valence electrons. The number of halogens is 1. The molecule has 0 aromatic heterocycles. The summed E-state index contributed by atoms with van der Waals surface area (Å²) < 4.78 is 11.2. The second-order valence-corrected chi connectivity index (χ2v) is 7.63. The minimum Gasteiger partial charge on any atom is -0.493 e. The predicted octanol–water partition coefficient (Wildman–Crippen LogP) is 2.40. The number of ether oxygens (including phenoxy) is 2. The summed E-state index contributed by atoms with van der Waals surface area (Å²) >= 11 is 3.36. The third-order valence-corrected chi connectivity index (χ3v) is 5.63. The summed E-state index contributed by atoms with van der Waals surface area (Å²) in [6.07, 6.45) is 0. The number of carbonyl (C=O) groups is 3. The van der Waals surface area contributed by atoms with E-state index >= 15 is 0 Å². The molecule has 0 unspecified atom stereocenters. The Labute approximate surface area is 185 Å². The van der Waals surface area contributed by atoms with E-state index in [2.05, 4.69) is 31.6 Å². The highest BCUT2D eigenvalue weighted by Crippen LogP contribution is 2.36. The molecule has 4 rings (SSSR count). The molecule has 1 N–H and O–H groups in total. The highest BCUT2D eigenvalue weighted by Gasteiger charge is 2.55. The molecule has 2 aromatic rings. The molecule has 2 aliphatic rings. The molecule has 0 radical (unpaired) electrons. The van der Waals surface area contributed by atoms with Crippen LogP contribution in [0.15, 0.2) is 57.3 Å². The van der Waals surface area contributed by atoms with Gasteiger partial charge in [0.1, 0.15) is 6.54 Å². The minimum absolute atomic E-state index is 0.231. The van der Waals surface area contributed by atoms with E-state index in [1.54, 1.807) is 30.3 Å². The molecule has 1 fully saturated rings. The largest absolute Gasteiger partial charge is 0.493 e. The van der Waals surface area contributed by atoms with Crippen molar-refractivity contribution in [3.8, 4) is 11.5 Å². The van der Waals surface area contributed by atoms with Gasteiger partial charge in [-0.05, 0) is 40.2 Å². The maximum absolute atomic E-state index is 13.1. The van der Waals surface area contributed by atoms with E-state index < -0.39 is 29.8 Å². The number of hydrogen-bond donors (Lipinski definition) is 1.